The van der Waals surface area contributed by atoms with E-state index in [2.05, 4.69) is 15.2 Å². The van der Waals surface area contributed by atoms with Gasteiger partial charge in [-0.15, -0.1) is 0 Å². The Labute approximate surface area is 141 Å². The molecule has 1 aliphatic heterocycles. The van der Waals surface area contributed by atoms with Gasteiger partial charge in [-0.1, -0.05) is 12.1 Å². The van der Waals surface area contributed by atoms with E-state index in [1.807, 2.05) is 24.3 Å². The van der Waals surface area contributed by atoms with Crippen LogP contribution in [0.2, 0.25) is 0 Å². The molecular weight excluding hydrogens is 304 g/mol. The number of nitrogens with one attached hydrogen (secondary N) is 1. The van der Waals surface area contributed by atoms with E-state index in [0.717, 1.165) is 44.1 Å². The molecule has 2 heterocycles. The molecule has 2 aromatic rings. The molecule has 0 unspecified atom stereocenters. The Morgan fingerprint density at radius 3 is 2.88 bits per heavy atom. The Kier molecular flexibility index (Phi) is 5.40. The monoisotopic (exact) mass is 326 g/mol. The molecule has 1 aromatic heterocycles. The van der Waals surface area contributed by atoms with Crippen LogP contribution in [-0.4, -0.2) is 55.2 Å². The van der Waals surface area contributed by atoms with Crippen molar-refractivity contribution < 1.29 is 9.53 Å². The van der Waals surface area contributed by atoms with E-state index in [-0.39, 0.29) is 5.91 Å². The predicted octanol–water partition coefficient (Wildman–Crippen LogP) is 1.39. The first-order valence-corrected chi connectivity index (χ1v) is 8.12. The molecule has 6 nitrogen and oxygen atoms in total. The minimum Gasteiger partial charge on any atom is -0.399 e. The maximum Gasteiger partial charge on any atom is 0.251 e. The maximum atomic E-state index is 12.3. The van der Waals surface area contributed by atoms with Crippen molar-refractivity contribution in [2.75, 3.05) is 45.1 Å². The molecular formula is C18H22N4O2. The lowest BCUT2D eigenvalue weighted by Gasteiger charge is -2.26. The molecule has 3 N–H and O–H groups in total. The summed E-state index contributed by atoms with van der Waals surface area (Å²) >= 11 is 0. The number of carbonyl (C=O) groups excluding carboxylic acids is 1. The number of amides is 1. The molecule has 3 rings (SSSR count). The van der Waals surface area contributed by atoms with Gasteiger partial charge in [0.2, 0.25) is 0 Å². The van der Waals surface area contributed by atoms with Gasteiger partial charge < -0.3 is 15.8 Å². The average Bonchev–Trinajstić information content (AvgIpc) is 2.63. The van der Waals surface area contributed by atoms with Gasteiger partial charge in [0, 0.05) is 49.2 Å². The second-order valence-electron chi connectivity index (χ2n) is 5.77. The van der Waals surface area contributed by atoms with Gasteiger partial charge in [0.05, 0.1) is 18.9 Å². The van der Waals surface area contributed by atoms with E-state index >= 15 is 0 Å². The lowest BCUT2D eigenvalue weighted by Crippen LogP contribution is -2.41. The van der Waals surface area contributed by atoms with Crippen molar-refractivity contribution in [3.63, 3.8) is 0 Å². The number of benzene rings is 1. The number of aromatic nitrogens is 1. The van der Waals surface area contributed by atoms with Crippen LogP contribution in [0, 0.1) is 0 Å². The van der Waals surface area contributed by atoms with E-state index in [4.69, 9.17) is 10.5 Å². The summed E-state index contributed by atoms with van der Waals surface area (Å²) in [5, 5.41) is 2.96. The van der Waals surface area contributed by atoms with Gasteiger partial charge in [0.1, 0.15) is 0 Å². The fourth-order valence-electron chi connectivity index (χ4n) is 2.68. The summed E-state index contributed by atoms with van der Waals surface area (Å²) in [5.74, 6) is -0.0872. The molecule has 1 fully saturated rings. The van der Waals surface area contributed by atoms with Gasteiger partial charge in [-0.25, -0.2) is 0 Å². The van der Waals surface area contributed by atoms with Gasteiger partial charge in [-0.05, 0) is 24.3 Å². The second kappa shape index (κ2) is 7.90. The third-order valence-corrected chi connectivity index (χ3v) is 4.02. The molecule has 0 aliphatic carbocycles. The van der Waals surface area contributed by atoms with Gasteiger partial charge >= 0.3 is 0 Å². The van der Waals surface area contributed by atoms with E-state index in [9.17, 15) is 4.79 Å². The van der Waals surface area contributed by atoms with Crippen LogP contribution in [0.4, 0.5) is 5.69 Å². The second-order valence-corrected chi connectivity index (χ2v) is 5.77. The number of pyridine rings is 1. The topological polar surface area (TPSA) is 80.5 Å². The van der Waals surface area contributed by atoms with Crippen LogP contribution in [0.25, 0.3) is 11.3 Å². The van der Waals surface area contributed by atoms with Gasteiger partial charge in [-0.3, -0.25) is 14.7 Å². The first kappa shape index (κ1) is 16.4. The summed E-state index contributed by atoms with van der Waals surface area (Å²) < 4.78 is 5.32. The molecule has 0 radical (unpaired) electrons. The average molecular weight is 326 g/mol. The number of carbonyl (C=O) groups is 1. The Morgan fingerprint density at radius 2 is 2.08 bits per heavy atom. The zero-order valence-corrected chi connectivity index (χ0v) is 13.6. The predicted molar refractivity (Wildman–Crippen MR) is 93.7 cm³/mol. The normalized spacial score (nSPS) is 15.2. The fourth-order valence-corrected chi connectivity index (χ4v) is 2.68. The summed E-state index contributed by atoms with van der Waals surface area (Å²) in [5.41, 5.74) is 8.73. The van der Waals surface area contributed by atoms with Crippen LogP contribution in [0.15, 0.2) is 42.6 Å². The molecule has 1 aromatic carbocycles. The summed E-state index contributed by atoms with van der Waals surface area (Å²) in [6, 6.07) is 11.0. The number of nitrogen functional groups attached to an aromatic ring is 1. The van der Waals surface area contributed by atoms with E-state index in [1.54, 1.807) is 18.3 Å². The van der Waals surface area contributed by atoms with Crippen molar-refractivity contribution >= 4 is 11.6 Å². The first-order valence-electron chi connectivity index (χ1n) is 8.12. The number of nitrogens with zero attached hydrogens (tertiary/aromatic N) is 2. The standard InChI is InChI=1S/C18H22N4O2/c19-16-3-1-2-14(12-16)17-13-15(4-5-20-17)18(23)21-6-7-22-8-10-24-11-9-22/h1-5,12-13H,6-11,19H2,(H,21,23). The minimum atomic E-state index is -0.0872. The SMILES string of the molecule is Nc1cccc(-c2cc(C(=O)NCCN3CCOCC3)ccn2)c1. The zero-order valence-electron chi connectivity index (χ0n) is 13.6. The Morgan fingerprint density at radius 1 is 1.25 bits per heavy atom. The van der Waals surface area contributed by atoms with Gasteiger partial charge in [0.15, 0.2) is 0 Å². The smallest absolute Gasteiger partial charge is 0.251 e. The Balaban J connectivity index is 1.59. The lowest BCUT2D eigenvalue weighted by atomic mass is 10.1. The molecule has 1 saturated heterocycles. The molecule has 126 valence electrons. The van der Waals surface area contributed by atoms with Crippen LogP contribution >= 0.6 is 0 Å². The van der Waals surface area contributed by atoms with Crippen LogP contribution in [-0.2, 0) is 4.74 Å². The van der Waals surface area contributed by atoms with Crippen molar-refractivity contribution in [1.29, 1.82) is 0 Å². The third kappa shape index (κ3) is 4.31. The first-order chi connectivity index (χ1) is 11.7. The maximum absolute atomic E-state index is 12.3. The summed E-state index contributed by atoms with van der Waals surface area (Å²) in [4.78, 5) is 18.9. The van der Waals surface area contributed by atoms with Crippen LogP contribution in [0.1, 0.15) is 10.4 Å². The number of morpholine rings is 1. The lowest BCUT2D eigenvalue weighted by molar-refractivity contribution is 0.0383. The van der Waals surface area contributed by atoms with Gasteiger partial charge in [-0.2, -0.15) is 0 Å². The van der Waals surface area contributed by atoms with Crippen molar-refractivity contribution in [2.45, 2.75) is 0 Å². The van der Waals surface area contributed by atoms with Crippen molar-refractivity contribution in [3.8, 4) is 11.3 Å². The number of anilines is 1. The molecule has 6 heteroatoms. The molecule has 1 aliphatic rings. The molecule has 1 amide bonds. The highest BCUT2D eigenvalue weighted by atomic mass is 16.5. The Hall–Kier alpha value is -2.44. The van der Waals surface area contributed by atoms with Crippen LogP contribution in [0.5, 0.6) is 0 Å². The van der Waals surface area contributed by atoms with E-state index in [1.165, 1.54) is 0 Å². The van der Waals surface area contributed by atoms with E-state index in [0.29, 0.717) is 17.8 Å². The largest absolute Gasteiger partial charge is 0.399 e. The highest BCUT2D eigenvalue weighted by molar-refractivity contribution is 5.95. The number of nitrogens with two attached hydrogens (primary N) is 1. The number of hydrogen-bond donors (Lipinski definition) is 2. The van der Waals surface area contributed by atoms with Crippen molar-refractivity contribution in [2.24, 2.45) is 0 Å². The quantitative estimate of drug-likeness (QED) is 0.812. The van der Waals surface area contributed by atoms with Crippen molar-refractivity contribution in [3.05, 3.63) is 48.2 Å². The fraction of sp³-hybridized carbons (Fsp3) is 0.333. The molecule has 0 atom stereocenters. The summed E-state index contributed by atoms with van der Waals surface area (Å²) in [7, 11) is 0. The molecule has 0 bridgehead atoms. The Bertz CT molecular complexity index is 699. The zero-order chi connectivity index (χ0) is 16.8. The van der Waals surface area contributed by atoms with Gasteiger partial charge in [0.25, 0.3) is 5.91 Å². The number of hydrogen-bond acceptors (Lipinski definition) is 5. The van der Waals surface area contributed by atoms with Crippen LogP contribution < -0.4 is 11.1 Å². The van der Waals surface area contributed by atoms with Crippen LogP contribution in [0.3, 0.4) is 0 Å². The molecule has 0 saturated carbocycles. The highest BCUT2D eigenvalue weighted by Crippen LogP contribution is 2.20. The van der Waals surface area contributed by atoms with Crippen molar-refractivity contribution in [1.82, 2.24) is 15.2 Å². The third-order valence-electron chi connectivity index (χ3n) is 4.02. The summed E-state index contributed by atoms with van der Waals surface area (Å²) in [6.45, 7) is 4.83. The van der Waals surface area contributed by atoms with E-state index < -0.39 is 0 Å². The highest BCUT2D eigenvalue weighted by Gasteiger charge is 2.11. The number of ether oxygens (including phenoxy) is 1. The summed E-state index contributed by atoms with van der Waals surface area (Å²) in [6.07, 6.45) is 1.65. The molecule has 24 heavy (non-hydrogen) atoms. The molecule has 0 spiro atoms. The minimum absolute atomic E-state index is 0.0872. The number of rotatable bonds is 5.